The molecule has 1 aromatic carbocycles. The Labute approximate surface area is 204 Å². The Morgan fingerprint density at radius 3 is 2.71 bits per heavy atom. The number of thioether (sulfide) groups is 1. The van der Waals surface area contributed by atoms with Gasteiger partial charge in [-0.15, -0.1) is 0 Å². The molecule has 2 atom stereocenters. The number of amides is 1. The molecule has 0 saturated heterocycles. The monoisotopic (exact) mass is 496 g/mol. The van der Waals surface area contributed by atoms with Gasteiger partial charge >= 0.3 is 0 Å². The molecule has 180 valence electrons. The summed E-state index contributed by atoms with van der Waals surface area (Å²) in [5.41, 5.74) is 7.44. The number of nitriles is 1. The van der Waals surface area contributed by atoms with E-state index in [0.29, 0.717) is 29.1 Å². The first-order valence-electron chi connectivity index (χ1n) is 10.7. The number of hydrogen-bond donors (Lipinski definition) is 2. The Morgan fingerprint density at radius 2 is 2.11 bits per heavy atom. The van der Waals surface area contributed by atoms with E-state index in [1.54, 1.807) is 13.8 Å². The first-order chi connectivity index (χ1) is 16.6. The number of aliphatic imine (C=N–C) groups is 1. The third-order valence-corrected chi connectivity index (χ3v) is 6.88. The van der Waals surface area contributed by atoms with Crippen LogP contribution in [0.2, 0.25) is 0 Å². The number of anilines is 1. The number of benzene rings is 1. The number of hydrogen-bond acceptors (Lipinski definition) is 8. The van der Waals surface area contributed by atoms with E-state index in [-0.39, 0.29) is 27.2 Å². The van der Waals surface area contributed by atoms with Crippen LogP contribution in [0.1, 0.15) is 69.2 Å². The van der Waals surface area contributed by atoms with Crippen LogP contribution in [0.15, 0.2) is 46.0 Å². The Kier molecular flexibility index (Phi) is 6.58. The smallest absolute Gasteiger partial charge is 0.274 e. The predicted molar refractivity (Wildman–Crippen MR) is 128 cm³/mol. The molecule has 1 aliphatic rings. The van der Waals surface area contributed by atoms with Crippen molar-refractivity contribution in [2.45, 2.75) is 44.4 Å². The number of carbonyl (C=O) groups excluding carboxylic acids is 1. The highest BCUT2D eigenvalue weighted by Crippen LogP contribution is 2.49. The molecular weight excluding hydrogens is 474 g/mol. The summed E-state index contributed by atoms with van der Waals surface area (Å²) < 4.78 is 33.4. The van der Waals surface area contributed by atoms with Crippen molar-refractivity contribution in [1.82, 2.24) is 10.1 Å². The molecule has 1 aliphatic heterocycles. The minimum absolute atomic E-state index is 0.0875. The van der Waals surface area contributed by atoms with Gasteiger partial charge in [-0.05, 0) is 57.0 Å². The van der Waals surface area contributed by atoms with Crippen LogP contribution >= 0.6 is 11.8 Å². The van der Waals surface area contributed by atoms with E-state index >= 15 is 0 Å². The lowest BCUT2D eigenvalue weighted by Gasteiger charge is -2.36. The molecule has 4 rings (SSSR count). The normalized spacial score (nSPS) is 19.8. The lowest BCUT2D eigenvalue weighted by molar-refractivity contribution is 0.102. The first-order valence-corrected chi connectivity index (χ1v) is 11.5. The highest BCUT2D eigenvalue weighted by atomic mass is 32.2. The van der Waals surface area contributed by atoms with Crippen molar-refractivity contribution >= 4 is 28.5 Å². The van der Waals surface area contributed by atoms with Crippen molar-refractivity contribution in [2.75, 3.05) is 5.32 Å². The van der Waals surface area contributed by atoms with Gasteiger partial charge in [0.05, 0.1) is 16.8 Å². The second-order valence-corrected chi connectivity index (χ2v) is 9.60. The maximum Gasteiger partial charge on any atom is 0.274 e. The van der Waals surface area contributed by atoms with Crippen LogP contribution in [-0.2, 0) is 5.54 Å². The van der Waals surface area contributed by atoms with Crippen LogP contribution in [0.4, 0.5) is 14.5 Å². The summed E-state index contributed by atoms with van der Waals surface area (Å²) in [4.78, 5) is 21.2. The van der Waals surface area contributed by atoms with Crippen molar-refractivity contribution in [1.29, 1.82) is 5.26 Å². The summed E-state index contributed by atoms with van der Waals surface area (Å²) >= 11 is 1.34. The number of aryl methyl sites for hydroxylation is 2. The third-order valence-electron chi connectivity index (χ3n) is 5.87. The molecule has 8 nitrogen and oxygen atoms in total. The van der Waals surface area contributed by atoms with Crippen molar-refractivity contribution in [3.63, 3.8) is 0 Å². The fourth-order valence-corrected chi connectivity index (χ4v) is 5.63. The van der Waals surface area contributed by atoms with Crippen LogP contribution < -0.4 is 11.1 Å². The number of nitrogens with zero attached hydrogens (tertiary/aromatic N) is 4. The van der Waals surface area contributed by atoms with Crippen molar-refractivity contribution in [3.8, 4) is 6.07 Å². The number of aromatic nitrogens is 2. The molecular formula is C24H22F2N6O2S. The molecule has 0 unspecified atom stereocenters. The number of rotatable bonds is 5. The number of halogens is 2. The topological polar surface area (TPSA) is 130 Å². The zero-order valence-corrected chi connectivity index (χ0v) is 20.0. The van der Waals surface area contributed by atoms with Gasteiger partial charge in [0, 0.05) is 28.3 Å². The minimum atomic E-state index is -2.75. The SMILES string of the molecule is Cc1noc(C)c1[C@@H]1C[C@](C)(c2cc(NC(=O)c3ccc(C#N)cn3)ccc2C(F)F)N=C(N)S1. The van der Waals surface area contributed by atoms with Gasteiger partial charge in [0.1, 0.15) is 17.5 Å². The maximum absolute atomic E-state index is 14.0. The number of pyridine rings is 1. The third kappa shape index (κ3) is 4.88. The fraction of sp³-hybridized carbons (Fsp3) is 0.292. The zero-order chi connectivity index (χ0) is 25.3. The second kappa shape index (κ2) is 9.46. The lowest BCUT2D eigenvalue weighted by atomic mass is 9.82. The van der Waals surface area contributed by atoms with Gasteiger partial charge in [-0.1, -0.05) is 23.0 Å². The van der Waals surface area contributed by atoms with Gasteiger partial charge in [-0.25, -0.2) is 13.8 Å². The summed E-state index contributed by atoms with van der Waals surface area (Å²) in [6.45, 7) is 5.37. The van der Waals surface area contributed by atoms with Gasteiger partial charge in [0.2, 0.25) is 0 Å². The highest BCUT2D eigenvalue weighted by Gasteiger charge is 2.40. The summed E-state index contributed by atoms with van der Waals surface area (Å²) in [5, 5.41) is 15.7. The second-order valence-electron chi connectivity index (χ2n) is 8.37. The molecule has 3 aromatic rings. The van der Waals surface area contributed by atoms with Crippen molar-refractivity contribution < 1.29 is 18.1 Å². The Morgan fingerprint density at radius 1 is 1.34 bits per heavy atom. The maximum atomic E-state index is 14.0. The minimum Gasteiger partial charge on any atom is -0.378 e. The van der Waals surface area contributed by atoms with Gasteiger partial charge in [0.25, 0.3) is 12.3 Å². The zero-order valence-electron chi connectivity index (χ0n) is 19.2. The molecule has 11 heteroatoms. The Balaban J connectivity index is 1.70. The lowest BCUT2D eigenvalue weighted by Crippen LogP contribution is -2.32. The molecule has 2 aromatic heterocycles. The quantitative estimate of drug-likeness (QED) is 0.499. The molecule has 0 fully saturated rings. The summed E-state index contributed by atoms with van der Waals surface area (Å²) in [7, 11) is 0. The average Bonchev–Trinajstić information content (AvgIpc) is 3.16. The van der Waals surface area contributed by atoms with E-state index in [9.17, 15) is 13.6 Å². The molecule has 0 spiro atoms. The Hall–Kier alpha value is -3.78. The molecule has 0 saturated carbocycles. The summed E-state index contributed by atoms with van der Waals surface area (Å²) in [5.74, 6) is 0.105. The highest BCUT2D eigenvalue weighted by molar-refractivity contribution is 8.14. The van der Waals surface area contributed by atoms with E-state index in [1.807, 2.05) is 13.0 Å². The van der Waals surface area contributed by atoms with Crippen LogP contribution in [0.25, 0.3) is 0 Å². The molecule has 1 amide bonds. The largest absolute Gasteiger partial charge is 0.378 e. The van der Waals surface area contributed by atoms with E-state index in [4.69, 9.17) is 15.5 Å². The number of amidine groups is 1. The van der Waals surface area contributed by atoms with Crippen LogP contribution in [0.3, 0.4) is 0 Å². The van der Waals surface area contributed by atoms with Crippen LogP contribution in [0.5, 0.6) is 0 Å². The van der Waals surface area contributed by atoms with E-state index in [1.165, 1.54) is 48.3 Å². The molecule has 35 heavy (non-hydrogen) atoms. The summed E-state index contributed by atoms with van der Waals surface area (Å²) in [6.07, 6.45) is -1.10. The van der Waals surface area contributed by atoms with Gasteiger partial charge in [-0.3, -0.25) is 9.79 Å². The van der Waals surface area contributed by atoms with Crippen molar-refractivity contribution in [3.05, 3.63) is 75.9 Å². The average molecular weight is 497 g/mol. The van der Waals surface area contributed by atoms with Crippen LogP contribution in [0, 0.1) is 25.2 Å². The molecule has 3 heterocycles. The molecule has 0 bridgehead atoms. The van der Waals surface area contributed by atoms with Crippen molar-refractivity contribution in [2.24, 2.45) is 10.7 Å². The number of alkyl halides is 2. The molecule has 0 radical (unpaired) electrons. The van der Waals surface area contributed by atoms with Crippen LogP contribution in [-0.4, -0.2) is 21.2 Å². The first kappa shape index (κ1) is 24.3. The van der Waals surface area contributed by atoms with E-state index in [2.05, 4.69) is 20.4 Å². The van der Waals surface area contributed by atoms with Gasteiger partial charge in [-0.2, -0.15) is 5.26 Å². The standard InChI is InChI=1S/C24H22F2N6O2S/c1-12-20(13(2)34-32-12)19-9-24(3,31-23(28)35-19)17-8-15(5-6-16(17)21(25)26)30-22(33)18-7-4-14(10-27)11-29-18/h4-8,11,19,21H,9H2,1-3H3,(H2,28,31)(H,30,33)/t19-,24+/m0/s1. The number of nitrogens with one attached hydrogen (secondary N) is 1. The van der Waals surface area contributed by atoms with Gasteiger partial charge in [0.15, 0.2) is 5.17 Å². The van der Waals surface area contributed by atoms with Gasteiger partial charge < -0.3 is 15.6 Å². The molecule has 0 aliphatic carbocycles. The van der Waals surface area contributed by atoms with E-state index in [0.717, 1.165) is 5.56 Å². The number of carbonyl (C=O) groups is 1. The molecule has 3 N–H and O–H groups in total. The fourth-order valence-electron chi connectivity index (χ4n) is 4.22. The number of nitrogens with two attached hydrogens (primary N) is 1. The predicted octanol–water partition coefficient (Wildman–Crippen LogP) is 5.16. The van der Waals surface area contributed by atoms with E-state index < -0.39 is 17.9 Å². The summed E-state index contributed by atoms with van der Waals surface area (Å²) in [6, 6.07) is 9.02. The Bertz CT molecular complexity index is 1330.